The van der Waals surface area contributed by atoms with Gasteiger partial charge in [-0.2, -0.15) is 5.10 Å². The molecule has 1 aromatic carbocycles. The molecule has 27 heavy (non-hydrogen) atoms. The van der Waals surface area contributed by atoms with E-state index in [1.165, 1.54) is 0 Å². The molecule has 1 N–H and O–H groups in total. The molecule has 7 heteroatoms. The second-order valence-electron chi connectivity index (χ2n) is 7.42. The summed E-state index contributed by atoms with van der Waals surface area (Å²) >= 11 is 6.24. The summed E-state index contributed by atoms with van der Waals surface area (Å²) in [5, 5.41) is 8.55. The predicted molar refractivity (Wildman–Crippen MR) is 107 cm³/mol. The fourth-order valence-electron chi connectivity index (χ4n) is 4.07. The highest BCUT2D eigenvalue weighted by atomic mass is 35.5. The van der Waals surface area contributed by atoms with E-state index in [0.717, 1.165) is 68.3 Å². The van der Waals surface area contributed by atoms with Crippen molar-refractivity contribution in [3.05, 3.63) is 46.2 Å². The number of nitrogens with one attached hydrogen (secondary N) is 1. The number of nitrogens with zero attached hydrogens (tertiary/aromatic N) is 4. The van der Waals surface area contributed by atoms with Gasteiger partial charge in [-0.1, -0.05) is 11.6 Å². The summed E-state index contributed by atoms with van der Waals surface area (Å²) in [5.74, 6) is 0.116. The van der Waals surface area contributed by atoms with E-state index in [1.54, 1.807) is 0 Å². The molecule has 2 aliphatic rings. The number of aryl methyl sites for hydroxylation is 1. The molecular formula is C20H26ClN5O. The maximum Gasteiger partial charge on any atom is 0.253 e. The Morgan fingerprint density at radius 2 is 1.85 bits per heavy atom. The van der Waals surface area contributed by atoms with Crippen molar-refractivity contribution in [3.63, 3.8) is 0 Å². The molecule has 3 heterocycles. The smallest absolute Gasteiger partial charge is 0.253 e. The lowest BCUT2D eigenvalue weighted by molar-refractivity contribution is 0.0773. The second kappa shape index (κ2) is 7.62. The van der Waals surface area contributed by atoms with Crippen molar-refractivity contribution in [1.82, 2.24) is 24.9 Å². The lowest BCUT2D eigenvalue weighted by atomic mass is 10.2. The van der Waals surface area contributed by atoms with Crippen molar-refractivity contribution in [2.24, 2.45) is 0 Å². The van der Waals surface area contributed by atoms with Crippen LogP contribution in [0.4, 0.5) is 0 Å². The van der Waals surface area contributed by atoms with Gasteiger partial charge in [0.1, 0.15) is 0 Å². The number of piperazine rings is 1. The van der Waals surface area contributed by atoms with E-state index < -0.39 is 0 Å². The van der Waals surface area contributed by atoms with Crippen LogP contribution >= 0.6 is 11.6 Å². The first-order valence-corrected chi connectivity index (χ1v) is 9.98. The molecule has 1 atom stereocenters. The van der Waals surface area contributed by atoms with Crippen LogP contribution in [-0.4, -0.2) is 70.8 Å². The molecule has 2 fully saturated rings. The van der Waals surface area contributed by atoms with E-state index >= 15 is 0 Å². The van der Waals surface area contributed by atoms with E-state index in [0.29, 0.717) is 11.1 Å². The number of rotatable bonds is 3. The Morgan fingerprint density at radius 1 is 1.15 bits per heavy atom. The van der Waals surface area contributed by atoms with Crippen LogP contribution in [0.3, 0.4) is 0 Å². The first-order valence-electron chi connectivity index (χ1n) is 9.61. The Hall–Kier alpha value is -1.89. The van der Waals surface area contributed by atoms with Crippen molar-refractivity contribution in [1.29, 1.82) is 0 Å². The van der Waals surface area contributed by atoms with Crippen LogP contribution in [-0.2, 0) is 0 Å². The predicted octanol–water partition coefficient (Wildman–Crippen LogP) is 2.26. The molecule has 1 amide bonds. The Kier molecular flexibility index (Phi) is 5.21. The van der Waals surface area contributed by atoms with Crippen LogP contribution in [0.25, 0.3) is 5.69 Å². The van der Waals surface area contributed by atoms with Gasteiger partial charge in [0.15, 0.2) is 0 Å². The molecule has 2 saturated heterocycles. The van der Waals surface area contributed by atoms with Crippen molar-refractivity contribution < 1.29 is 4.79 Å². The van der Waals surface area contributed by atoms with Crippen LogP contribution in [0.5, 0.6) is 0 Å². The molecule has 1 aromatic heterocycles. The molecule has 4 rings (SSSR count). The standard InChI is InChI=1S/C20H26ClN5O/c1-14-19(21)15(2)26(23-14)17-5-3-16(4-6-17)20(27)25-10-7-18(13-25)24-11-8-22-9-12-24/h3-6,18,22H,7-13H2,1-2H3. The highest BCUT2D eigenvalue weighted by Crippen LogP contribution is 2.23. The van der Waals surface area contributed by atoms with Gasteiger partial charge in [-0.3, -0.25) is 9.69 Å². The number of hydrogen-bond acceptors (Lipinski definition) is 4. The molecule has 0 aliphatic carbocycles. The molecular weight excluding hydrogens is 362 g/mol. The van der Waals surface area contributed by atoms with Gasteiger partial charge in [-0.15, -0.1) is 0 Å². The minimum atomic E-state index is 0.116. The van der Waals surface area contributed by atoms with Gasteiger partial charge in [0.05, 0.1) is 22.1 Å². The van der Waals surface area contributed by atoms with Crippen molar-refractivity contribution in [2.45, 2.75) is 26.3 Å². The zero-order valence-corrected chi connectivity index (χ0v) is 16.7. The first-order chi connectivity index (χ1) is 13.0. The fraction of sp³-hybridized carbons (Fsp3) is 0.500. The summed E-state index contributed by atoms with van der Waals surface area (Å²) in [6.45, 7) is 9.74. The highest BCUT2D eigenvalue weighted by molar-refractivity contribution is 6.31. The average molecular weight is 388 g/mol. The first kappa shape index (κ1) is 18.5. The minimum absolute atomic E-state index is 0.116. The van der Waals surface area contributed by atoms with Crippen molar-refractivity contribution in [3.8, 4) is 5.69 Å². The normalized spacial score (nSPS) is 21.0. The van der Waals surface area contributed by atoms with E-state index in [1.807, 2.05) is 47.7 Å². The Balaban J connectivity index is 1.44. The molecule has 2 aromatic rings. The van der Waals surface area contributed by atoms with E-state index in [9.17, 15) is 4.79 Å². The lowest BCUT2D eigenvalue weighted by Crippen LogP contribution is -2.49. The van der Waals surface area contributed by atoms with Crippen LogP contribution in [0.1, 0.15) is 28.2 Å². The average Bonchev–Trinajstić information content (AvgIpc) is 3.30. The van der Waals surface area contributed by atoms with Gasteiger partial charge in [0, 0.05) is 50.9 Å². The second-order valence-corrected chi connectivity index (χ2v) is 7.80. The van der Waals surface area contributed by atoms with E-state index in [-0.39, 0.29) is 5.91 Å². The maximum absolute atomic E-state index is 12.9. The summed E-state index contributed by atoms with van der Waals surface area (Å²) in [7, 11) is 0. The summed E-state index contributed by atoms with van der Waals surface area (Å²) < 4.78 is 1.82. The van der Waals surface area contributed by atoms with E-state index in [2.05, 4.69) is 15.3 Å². The zero-order valence-electron chi connectivity index (χ0n) is 15.9. The van der Waals surface area contributed by atoms with Gasteiger partial charge in [0.2, 0.25) is 0 Å². The maximum atomic E-state index is 12.9. The number of aromatic nitrogens is 2. The number of benzene rings is 1. The Labute approximate surface area is 165 Å². The number of amides is 1. The number of likely N-dealkylation sites (tertiary alicyclic amines) is 1. The van der Waals surface area contributed by atoms with Gasteiger partial charge < -0.3 is 10.2 Å². The number of hydrogen-bond donors (Lipinski definition) is 1. The van der Waals surface area contributed by atoms with Crippen LogP contribution < -0.4 is 5.32 Å². The number of carbonyl (C=O) groups is 1. The molecule has 0 saturated carbocycles. The van der Waals surface area contributed by atoms with Crippen LogP contribution in [0, 0.1) is 13.8 Å². The van der Waals surface area contributed by atoms with Gasteiger partial charge >= 0.3 is 0 Å². The van der Waals surface area contributed by atoms with Gasteiger partial charge in [-0.25, -0.2) is 4.68 Å². The number of carbonyl (C=O) groups excluding carboxylic acids is 1. The lowest BCUT2D eigenvalue weighted by Gasteiger charge is -2.32. The third-order valence-electron chi connectivity index (χ3n) is 5.68. The van der Waals surface area contributed by atoms with Gasteiger partial charge in [-0.05, 0) is 44.5 Å². The highest BCUT2D eigenvalue weighted by Gasteiger charge is 2.31. The van der Waals surface area contributed by atoms with Gasteiger partial charge in [0.25, 0.3) is 5.91 Å². The van der Waals surface area contributed by atoms with Crippen molar-refractivity contribution >= 4 is 17.5 Å². The molecule has 2 aliphatic heterocycles. The summed E-state index contributed by atoms with van der Waals surface area (Å²) in [4.78, 5) is 17.4. The molecule has 0 radical (unpaired) electrons. The quantitative estimate of drug-likeness (QED) is 0.877. The molecule has 0 bridgehead atoms. The Morgan fingerprint density at radius 3 is 2.48 bits per heavy atom. The van der Waals surface area contributed by atoms with Crippen molar-refractivity contribution in [2.75, 3.05) is 39.3 Å². The monoisotopic (exact) mass is 387 g/mol. The third kappa shape index (κ3) is 3.61. The fourth-order valence-corrected chi connectivity index (χ4v) is 4.19. The zero-order chi connectivity index (χ0) is 19.0. The largest absolute Gasteiger partial charge is 0.337 e. The third-order valence-corrected chi connectivity index (χ3v) is 6.23. The van der Waals surface area contributed by atoms with Crippen LogP contribution in [0.15, 0.2) is 24.3 Å². The molecule has 0 spiro atoms. The van der Waals surface area contributed by atoms with E-state index in [4.69, 9.17) is 11.6 Å². The molecule has 6 nitrogen and oxygen atoms in total. The Bertz CT molecular complexity index is 826. The van der Waals surface area contributed by atoms with Crippen LogP contribution in [0.2, 0.25) is 5.02 Å². The summed E-state index contributed by atoms with van der Waals surface area (Å²) in [5.41, 5.74) is 3.36. The molecule has 144 valence electrons. The SMILES string of the molecule is Cc1nn(-c2ccc(C(=O)N3CCC(N4CCNCC4)C3)cc2)c(C)c1Cl. The summed E-state index contributed by atoms with van der Waals surface area (Å²) in [6.07, 6.45) is 1.06. The summed E-state index contributed by atoms with van der Waals surface area (Å²) in [6, 6.07) is 8.15. The number of halogens is 1. The molecule has 1 unspecified atom stereocenters. The minimum Gasteiger partial charge on any atom is -0.337 e. The topological polar surface area (TPSA) is 53.4 Å².